The van der Waals surface area contributed by atoms with Crippen molar-refractivity contribution in [2.45, 2.75) is 32.1 Å². The van der Waals surface area contributed by atoms with Gasteiger partial charge in [-0.25, -0.2) is 0 Å². The highest BCUT2D eigenvalue weighted by molar-refractivity contribution is 6.30. The van der Waals surface area contributed by atoms with Crippen molar-refractivity contribution in [3.63, 3.8) is 0 Å². The molecule has 3 rings (SSSR count). The van der Waals surface area contributed by atoms with E-state index < -0.39 is 28.6 Å². The molecule has 3 atom stereocenters. The molecular formula is C23H22ClF3N2O. The third-order valence-corrected chi connectivity index (χ3v) is 5.91. The van der Waals surface area contributed by atoms with Gasteiger partial charge in [0.1, 0.15) is 22.6 Å². The Morgan fingerprint density at radius 2 is 1.80 bits per heavy atom. The number of hydrogen-bond acceptors (Lipinski definition) is 3. The number of benzene rings is 2. The summed E-state index contributed by atoms with van der Waals surface area (Å²) in [6, 6.07) is 17.8. The topological polar surface area (TPSA) is 36.3 Å². The molecule has 1 aliphatic carbocycles. The molecule has 1 aliphatic rings. The molecule has 0 N–H and O–H groups in total. The molecule has 0 radical (unpaired) electrons. The van der Waals surface area contributed by atoms with Crippen molar-refractivity contribution >= 4 is 11.6 Å². The second-order valence-electron chi connectivity index (χ2n) is 7.99. The van der Waals surface area contributed by atoms with Crippen molar-refractivity contribution in [2.24, 2.45) is 11.3 Å². The lowest BCUT2D eigenvalue weighted by molar-refractivity contribution is -0.0848. The fourth-order valence-corrected chi connectivity index (χ4v) is 4.06. The van der Waals surface area contributed by atoms with Crippen molar-refractivity contribution in [1.82, 2.24) is 4.90 Å². The maximum Gasteiger partial charge on any atom is 0.426 e. The van der Waals surface area contributed by atoms with E-state index in [4.69, 9.17) is 16.3 Å². The van der Waals surface area contributed by atoms with E-state index in [1.807, 2.05) is 55.1 Å². The minimum Gasteiger partial charge on any atom is -0.457 e. The standard InChI is InChI=1S/C23H22ClF3N2O/c1-22(2)18(13-20(24)23(25,26)27)21(22)29(3)19(14-28)15-8-7-11-17(12-15)30-16-9-5-4-6-10-16/h4-13,18-19,21H,1-3H3/b20-13-. The van der Waals surface area contributed by atoms with Gasteiger partial charge in [0.05, 0.1) is 6.07 Å². The molecule has 1 saturated carbocycles. The van der Waals surface area contributed by atoms with Crippen LogP contribution in [0.5, 0.6) is 11.5 Å². The summed E-state index contributed by atoms with van der Waals surface area (Å²) in [5.74, 6) is 0.849. The van der Waals surface area contributed by atoms with Crippen LogP contribution in [0.3, 0.4) is 0 Å². The zero-order chi connectivity index (χ0) is 22.1. The van der Waals surface area contributed by atoms with E-state index >= 15 is 0 Å². The van der Waals surface area contributed by atoms with Gasteiger partial charge in [0.15, 0.2) is 0 Å². The van der Waals surface area contributed by atoms with Crippen molar-refractivity contribution in [2.75, 3.05) is 7.05 Å². The number of para-hydroxylation sites is 1. The van der Waals surface area contributed by atoms with Crippen LogP contribution >= 0.6 is 11.6 Å². The lowest BCUT2D eigenvalue weighted by atomic mass is 10.1. The first-order valence-corrected chi connectivity index (χ1v) is 9.82. The summed E-state index contributed by atoms with van der Waals surface area (Å²) >= 11 is 5.45. The normalized spacial score (nSPS) is 21.8. The third-order valence-electron chi connectivity index (χ3n) is 5.57. The van der Waals surface area contributed by atoms with E-state index in [1.54, 1.807) is 25.2 Å². The molecule has 3 unspecified atom stereocenters. The number of allylic oxidation sites excluding steroid dienone is 1. The summed E-state index contributed by atoms with van der Waals surface area (Å²) in [5.41, 5.74) is 0.272. The van der Waals surface area contributed by atoms with Crippen LogP contribution in [0.15, 0.2) is 65.7 Å². The smallest absolute Gasteiger partial charge is 0.426 e. The number of ether oxygens (including phenoxy) is 1. The summed E-state index contributed by atoms with van der Waals surface area (Å²) in [4.78, 5) is 1.81. The number of rotatable bonds is 6. The summed E-state index contributed by atoms with van der Waals surface area (Å²) < 4.78 is 44.4. The van der Waals surface area contributed by atoms with Crippen LogP contribution in [-0.2, 0) is 0 Å². The highest BCUT2D eigenvalue weighted by Crippen LogP contribution is 2.58. The van der Waals surface area contributed by atoms with Crippen molar-refractivity contribution in [3.05, 3.63) is 71.3 Å². The minimum atomic E-state index is -4.57. The molecule has 0 spiro atoms. The molecule has 2 aromatic rings. The average molecular weight is 435 g/mol. The van der Waals surface area contributed by atoms with Gasteiger partial charge in [-0.05, 0) is 42.3 Å². The number of alkyl halides is 3. The first kappa shape index (κ1) is 22.2. The fourth-order valence-electron chi connectivity index (χ4n) is 3.92. The predicted octanol–water partition coefficient (Wildman–Crippen LogP) is 6.68. The zero-order valence-corrected chi connectivity index (χ0v) is 17.6. The Balaban J connectivity index is 1.81. The molecule has 0 saturated heterocycles. The van der Waals surface area contributed by atoms with Gasteiger partial charge in [-0.3, -0.25) is 4.90 Å². The van der Waals surface area contributed by atoms with Gasteiger partial charge in [-0.15, -0.1) is 0 Å². The van der Waals surface area contributed by atoms with Gasteiger partial charge >= 0.3 is 6.18 Å². The average Bonchev–Trinajstić information content (AvgIpc) is 3.22. The summed E-state index contributed by atoms with van der Waals surface area (Å²) in [5, 5.41) is 8.70. The quantitative estimate of drug-likeness (QED) is 0.508. The van der Waals surface area contributed by atoms with E-state index in [1.165, 1.54) is 0 Å². The Kier molecular flexibility index (Phi) is 6.16. The van der Waals surface area contributed by atoms with E-state index in [0.717, 1.165) is 6.08 Å². The summed E-state index contributed by atoms with van der Waals surface area (Å²) in [6.45, 7) is 3.75. The molecule has 2 aromatic carbocycles. The SMILES string of the molecule is CN(C(C#N)c1cccc(Oc2ccccc2)c1)C1C(/C=C(\Cl)C(F)(F)F)C1(C)C. The Morgan fingerprint density at radius 3 is 2.40 bits per heavy atom. The van der Waals surface area contributed by atoms with E-state index in [9.17, 15) is 18.4 Å². The third kappa shape index (κ3) is 4.63. The summed E-state index contributed by atoms with van der Waals surface area (Å²) in [6.07, 6.45) is -3.51. The van der Waals surface area contributed by atoms with E-state index in [2.05, 4.69) is 6.07 Å². The number of hydrogen-bond donors (Lipinski definition) is 0. The number of nitriles is 1. The Hall–Kier alpha value is -2.49. The highest BCUT2D eigenvalue weighted by atomic mass is 35.5. The zero-order valence-electron chi connectivity index (χ0n) is 16.8. The second kappa shape index (κ2) is 8.33. The maximum atomic E-state index is 12.9. The van der Waals surface area contributed by atoms with Crippen LogP contribution in [0.25, 0.3) is 0 Å². The van der Waals surface area contributed by atoms with Crippen LogP contribution < -0.4 is 4.74 Å². The molecule has 158 valence electrons. The van der Waals surface area contributed by atoms with Gasteiger partial charge in [-0.1, -0.05) is 61.9 Å². The van der Waals surface area contributed by atoms with Gasteiger partial charge in [0, 0.05) is 12.0 Å². The largest absolute Gasteiger partial charge is 0.457 e. The Labute approximate surface area is 179 Å². The molecule has 0 heterocycles. The van der Waals surface area contributed by atoms with Crippen LogP contribution in [-0.4, -0.2) is 24.2 Å². The van der Waals surface area contributed by atoms with Crippen LogP contribution in [0.4, 0.5) is 13.2 Å². The maximum absolute atomic E-state index is 12.9. The van der Waals surface area contributed by atoms with Gasteiger partial charge in [0.2, 0.25) is 0 Å². The van der Waals surface area contributed by atoms with E-state index in [0.29, 0.717) is 17.1 Å². The minimum absolute atomic E-state index is 0.253. The number of halogens is 4. The monoisotopic (exact) mass is 434 g/mol. The molecule has 0 amide bonds. The van der Waals surface area contributed by atoms with Crippen LogP contribution in [0.2, 0.25) is 0 Å². The van der Waals surface area contributed by atoms with Crippen LogP contribution in [0.1, 0.15) is 25.5 Å². The van der Waals surface area contributed by atoms with Crippen molar-refractivity contribution < 1.29 is 17.9 Å². The molecule has 1 fully saturated rings. The van der Waals surface area contributed by atoms with Gasteiger partial charge < -0.3 is 4.74 Å². The fraction of sp³-hybridized carbons (Fsp3) is 0.348. The first-order chi connectivity index (χ1) is 14.1. The molecule has 0 aromatic heterocycles. The van der Waals surface area contributed by atoms with Gasteiger partial charge in [-0.2, -0.15) is 18.4 Å². The molecule has 30 heavy (non-hydrogen) atoms. The number of nitrogens with zero attached hydrogens (tertiary/aromatic N) is 2. The Morgan fingerprint density at radius 1 is 1.17 bits per heavy atom. The van der Waals surface area contributed by atoms with E-state index in [-0.39, 0.29) is 6.04 Å². The molecule has 0 bridgehead atoms. The molecule has 0 aliphatic heterocycles. The predicted molar refractivity (Wildman–Crippen MR) is 110 cm³/mol. The lowest BCUT2D eigenvalue weighted by Gasteiger charge is -2.25. The molecular weight excluding hydrogens is 413 g/mol. The Bertz CT molecular complexity index is 966. The highest BCUT2D eigenvalue weighted by Gasteiger charge is 2.60. The molecule has 7 heteroatoms. The van der Waals surface area contributed by atoms with Gasteiger partial charge in [0.25, 0.3) is 0 Å². The van der Waals surface area contributed by atoms with Crippen LogP contribution in [0, 0.1) is 22.7 Å². The summed E-state index contributed by atoms with van der Waals surface area (Å²) in [7, 11) is 1.75. The van der Waals surface area contributed by atoms with Crippen molar-refractivity contribution in [3.8, 4) is 17.6 Å². The second-order valence-corrected chi connectivity index (χ2v) is 8.40. The lowest BCUT2D eigenvalue weighted by Crippen LogP contribution is -2.29. The molecule has 3 nitrogen and oxygen atoms in total. The van der Waals surface area contributed by atoms with Crippen molar-refractivity contribution in [1.29, 1.82) is 5.26 Å². The first-order valence-electron chi connectivity index (χ1n) is 9.44.